The molecule has 3 N–H and O–H groups in total. The number of ether oxygens (including phenoxy) is 2. The fourth-order valence-electron chi connectivity index (χ4n) is 2.20. The Labute approximate surface area is 188 Å². The van der Waals surface area contributed by atoms with E-state index in [1.165, 1.54) is 7.11 Å². The van der Waals surface area contributed by atoms with Crippen molar-refractivity contribution < 1.29 is 23.9 Å². The van der Waals surface area contributed by atoms with Gasteiger partial charge in [-0.05, 0) is 57.1 Å². The molecule has 0 saturated carbocycles. The van der Waals surface area contributed by atoms with Crippen molar-refractivity contribution in [2.24, 2.45) is 0 Å². The van der Waals surface area contributed by atoms with Crippen LogP contribution in [0.1, 0.15) is 12.8 Å². The summed E-state index contributed by atoms with van der Waals surface area (Å²) in [6, 6.07) is 9.45. The van der Waals surface area contributed by atoms with Crippen LogP contribution in [0.3, 0.4) is 0 Å². The van der Waals surface area contributed by atoms with Gasteiger partial charge in [0.1, 0.15) is 5.75 Å². The maximum Gasteiger partial charge on any atom is 0.306 e. The molecule has 0 aliphatic heterocycles. The molecule has 8 nitrogen and oxygen atoms in total. The number of fused-ring (bicyclic) bond motifs is 1. The van der Waals surface area contributed by atoms with Crippen LogP contribution >= 0.6 is 44.1 Å². The maximum atomic E-state index is 11.9. The Kier molecular flexibility index (Phi) is 8.80. The lowest BCUT2D eigenvalue weighted by molar-refractivity contribution is -0.142. The van der Waals surface area contributed by atoms with Crippen molar-refractivity contribution in [2.75, 3.05) is 13.7 Å². The molecule has 154 valence electrons. The minimum Gasteiger partial charge on any atom is -0.483 e. The van der Waals surface area contributed by atoms with E-state index in [0.29, 0.717) is 5.75 Å². The van der Waals surface area contributed by atoms with Crippen LogP contribution in [0.15, 0.2) is 39.3 Å². The zero-order valence-corrected chi connectivity index (χ0v) is 19.2. The van der Waals surface area contributed by atoms with Gasteiger partial charge >= 0.3 is 5.97 Å². The van der Waals surface area contributed by atoms with Gasteiger partial charge in [0.15, 0.2) is 11.7 Å². The minimum absolute atomic E-state index is 0.0667. The number of thiocarbonyl (C=S) groups is 1. The number of hydrazine groups is 1. The lowest BCUT2D eigenvalue weighted by atomic mass is 10.1. The minimum atomic E-state index is -0.503. The SMILES string of the molecule is COC(=O)CCC(=O)NC(=S)NNC(=O)COc1ccc2cc(Br)ccc2c1Br. The van der Waals surface area contributed by atoms with Crippen LogP contribution in [0.25, 0.3) is 10.8 Å². The number of methoxy groups -OCH3 is 1. The number of hydrogen-bond acceptors (Lipinski definition) is 6. The lowest BCUT2D eigenvalue weighted by Crippen LogP contribution is -2.49. The Morgan fingerprint density at radius 2 is 1.79 bits per heavy atom. The van der Waals surface area contributed by atoms with Crippen molar-refractivity contribution in [2.45, 2.75) is 12.8 Å². The van der Waals surface area contributed by atoms with Gasteiger partial charge in [0.05, 0.1) is 18.0 Å². The predicted molar refractivity (Wildman–Crippen MR) is 118 cm³/mol. The second-order valence-corrected chi connectivity index (χ2v) is 7.78. The van der Waals surface area contributed by atoms with Crippen LogP contribution in [0.5, 0.6) is 5.75 Å². The van der Waals surface area contributed by atoms with Crippen molar-refractivity contribution in [3.63, 3.8) is 0 Å². The highest BCUT2D eigenvalue weighted by Gasteiger charge is 2.11. The van der Waals surface area contributed by atoms with Crippen LogP contribution in [-0.4, -0.2) is 36.6 Å². The topological polar surface area (TPSA) is 106 Å². The Bertz CT molecular complexity index is 954. The first-order valence-electron chi connectivity index (χ1n) is 8.26. The van der Waals surface area contributed by atoms with E-state index in [1.807, 2.05) is 24.3 Å². The van der Waals surface area contributed by atoms with Crippen LogP contribution in [0, 0.1) is 0 Å². The van der Waals surface area contributed by atoms with Crippen molar-refractivity contribution in [3.05, 3.63) is 39.3 Å². The van der Waals surface area contributed by atoms with Crippen LogP contribution < -0.4 is 20.9 Å². The first-order valence-corrected chi connectivity index (χ1v) is 10.3. The van der Waals surface area contributed by atoms with Gasteiger partial charge < -0.3 is 14.8 Å². The highest BCUT2D eigenvalue weighted by atomic mass is 79.9. The van der Waals surface area contributed by atoms with Gasteiger partial charge in [0.25, 0.3) is 5.91 Å². The molecule has 11 heteroatoms. The summed E-state index contributed by atoms with van der Waals surface area (Å²) in [4.78, 5) is 34.5. The molecule has 0 saturated heterocycles. The van der Waals surface area contributed by atoms with Gasteiger partial charge in [0.2, 0.25) is 5.91 Å². The van der Waals surface area contributed by atoms with E-state index in [0.717, 1.165) is 19.7 Å². The zero-order chi connectivity index (χ0) is 21.4. The molecule has 2 aromatic rings. The van der Waals surface area contributed by atoms with Gasteiger partial charge in [0, 0.05) is 10.9 Å². The number of benzene rings is 2. The summed E-state index contributed by atoms with van der Waals surface area (Å²) in [5.41, 5.74) is 4.70. The van der Waals surface area contributed by atoms with Gasteiger partial charge in [-0.3, -0.25) is 25.2 Å². The van der Waals surface area contributed by atoms with E-state index < -0.39 is 17.8 Å². The molecule has 2 rings (SSSR count). The number of amides is 2. The normalized spacial score (nSPS) is 10.2. The fourth-order valence-corrected chi connectivity index (χ4v) is 3.35. The number of halogens is 2. The number of hydrogen-bond donors (Lipinski definition) is 3. The summed E-state index contributed by atoms with van der Waals surface area (Å²) in [5.74, 6) is -0.977. The van der Waals surface area contributed by atoms with E-state index in [2.05, 4.69) is 52.8 Å². The fraction of sp³-hybridized carbons (Fsp3) is 0.222. The van der Waals surface area contributed by atoms with Crippen LogP contribution in [-0.2, 0) is 19.1 Å². The molecule has 0 spiro atoms. The number of rotatable bonds is 6. The lowest BCUT2D eigenvalue weighted by Gasteiger charge is -2.12. The average molecular weight is 547 g/mol. The highest BCUT2D eigenvalue weighted by Crippen LogP contribution is 2.34. The van der Waals surface area contributed by atoms with Crippen LogP contribution in [0.4, 0.5) is 0 Å². The summed E-state index contributed by atoms with van der Waals surface area (Å²) >= 11 is 11.8. The molecule has 0 unspecified atom stereocenters. The standard InChI is InChI=1S/C18H17Br2N3O5S/c1-27-16(26)7-6-14(24)21-18(29)23-22-15(25)9-28-13-5-2-10-8-11(19)3-4-12(10)17(13)20/h2-5,8H,6-7,9H2,1H3,(H,22,25)(H2,21,23,24,29). The molecule has 0 aromatic heterocycles. The Hall–Kier alpha value is -2.24. The predicted octanol–water partition coefficient (Wildman–Crippen LogP) is 2.72. The quantitative estimate of drug-likeness (QED) is 0.290. The molecule has 0 bridgehead atoms. The second kappa shape index (κ2) is 11.1. The van der Waals surface area contributed by atoms with Crippen molar-refractivity contribution in [1.29, 1.82) is 0 Å². The monoisotopic (exact) mass is 545 g/mol. The van der Waals surface area contributed by atoms with E-state index in [4.69, 9.17) is 17.0 Å². The smallest absolute Gasteiger partial charge is 0.306 e. The number of nitrogens with one attached hydrogen (secondary N) is 3. The maximum absolute atomic E-state index is 11.9. The van der Waals surface area contributed by atoms with E-state index in [-0.39, 0.29) is 24.6 Å². The molecule has 0 heterocycles. The zero-order valence-electron chi connectivity index (χ0n) is 15.2. The Morgan fingerprint density at radius 3 is 2.52 bits per heavy atom. The molecule has 0 aliphatic carbocycles. The van der Waals surface area contributed by atoms with Gasteiger partial charge in [-0.15, -0.1) is 0 Å². The Morgan fingerprint density at radius 1 is 1.03 bits per heavy atom. The van der Waals surface area contributed by atoms with Crippen LogP contribution in [0.2, 0.25) is 0 Å². The molecule has 0 fully saturated rings. The van der Waals surface area contributed by atoms with E-state index >= 15 is 0 Å². The van der Waals surface area contributed by atoms with Crippen molar-refractivity contribution >= 4 is 77.7 Å². The first-order chi connectivity index (χ1) is 13.8. The molecule has 0 radical (unpaired) electrons. The Balaban J connectivity index is 1.78. The van der Waals surface area contributed by atoms with Crippen molar-refractivity contribution in [1.82, 2.24) is 16.2 Å². The molecule has 0 aliphatic rings. The number of carbonyl (C=O) groups excluding carboxylic acids is 3. The summed E-state index contributed by atoms with van der Waals surface area (Å²) in [7, 11) is 1.24. The van der Waals surface area contributed by atoms with Gasteiger partial charge in [-0.1, -0.05) is 28.1 Å². The number of carbonyl (C=O) groups is 3. The van der Waals surface area contributed by atoms with Gasteiger partial charge in [-0.2, -0.15) is 0 Å². The highest BCUT2D eigenvalue weighted by molar-refractivity contribution is 9.11. The third kappa shape index (κ3) is 7.26. The molecule has 2 aromatic carbocycles. The molecule has 29 heavy (non-hydrogen) atoms. The number of esters is 1. The third-order valence-electron chi connectivity index (χ3n) is 3.59. The average Bonchev–Trinajstić information content (AvgIpc) is 2.69. The van der Waals surface area contributed by atoms with E-state index in [9.17, 15) is 14.4 Å². The molecule has 0 atom stereocenters. The van der Waals surface area contributed by atoms with E-state index in [1.54, 1.807) is 6.07 Å². The largest absolute Gasteiger partial charge is 0.483 e. The van der Waals surface area contributed by atoms with Crippen molar-refractivity contribution in [3.8, 4) is 5.75 Å². The third-order valence-corrected chi connectivity index (χ3v) is 5.11. The summed E-state index contributed by atoms with van der Waals surface area (Å²) in [6.45, 7) is -0.271. The first kappa shape index (κ1) is 23.0. The molecular formula is C18H17Br2N3O5S. The van der Waals surface area contributed by atoms with Gasteiger partial charge in [-0.25, -0.2) is 0 Å². The summed E-state index contributed by atoms with van der Waals surface area (Å²) < 4.78 is 11.7. The molecular weight excluding hydrogens is 530 g/mol. The summed E-state index contributed by atoms with van der Waals surface area (Å²) in [6.07, 6.45) is -0.152. The summed E-state index contributed by atoms with van der Waals surface area (Å²) in [5, 5.41) is 4.18. The second-order valence-electron chi connectivity index (χ2n) is 5.66. The molecule has 2 amide bonds.